The number of halogens is 1. The zero-order chi connectivity index (χ0) is 13.0. The maximum Gasteiger partial charge on any atom is 0.226 e. The number of benzene rings is 1. The number of nitrogens with two attached hydrogens (primary N) is 1. The van der Waals surface area contributed by atoms with Crippen molar-refractivity contribution in [3.8, 4) is 0 Å². The first-order valence-corrected chi connectivity index (χ1v) is 6.07. The molecular weight excluding hydrogens is 236 g/mol. The molecule has 0 heterocycles. The molecule has 1 aromatic rings. The Kier molecular flexibility index (Phi) is 4.97. The molecule has 3 nitrogen and oxygen atoms in total. The molecule has 0 aliphatic rings. The van der Waals surface area contributed by atoms with Gasteiger partial charge in [-0.3, -0.25) is 4.79 Å². The lowest BCUT2D eigenvalue weighted by Crippen LogP contribution is -2.36. The quantitative estimate of drug-likeness (QED) is 0.897. The number of amides is 1. The van der Waals surface area contributed by atoms with Gasteiger partial charge in [-0.25, -0.2) is 0 Å². The number of carbonyl (C=O) groups is 1. The van der Waals surface area contributed by atoms with E-state index in [0.29, 0.717) is 11.6 Å². The lowest BCUT2D eigenvalue weighted by molar-refractivity contribution is -0.135. The topological polar surface area (TPSA) is 46.3 Å². The molecule has 1 aromatic carbocycles. The second-order valence-electron chi connectivity index (χ2n) is 4.32. The summed E-state index contributed by atoms with van der Waals surface area (Å²) in [5.74, 6) is -0.0957. The minimum Gasteiger partial charge on any atom is -0.339 e. The highest BCUT2D eigenvalue weighted by Gasteiger charge is 2.21. The van der Waals surface area contributed by atoms with Gasteiger partial charge in [-0.05, 0) is 24.6 Å². The Balaban J connectivity index is 2.82. The van der Waals surface area contributed by atoms with E-state index in [-0.39, 0.29) is 17.9 Å². The molecule has 0 aromatic heterocycles. The van der Waals surface area contributed by atoms with Crippen LogP contribution < -0.4 is 5.73 Å². The van der Waals surface area contributed by atoms with Crippen LogP contribution in [0, 0.1) is 5.92 Å². The van der Waals surface area contributed by atoms with E-state index in [2.05, 4.69) is 0 Å². The van der Waals surface area contributed by atoms with Crippen molar-refractivity contribution in [3.63, 3.8) is 0 Å². The highest BCUT2D eigenvalue weighted by Crippen LogP contribution is 2.22. The zero-order valence-corrected chi connectivity index (χ0v) is 11.2. The molecule has 0 saturated carbocycles. The van der Waals surface area contributed by atoms with Crippen molar-refractivity contribution in [2.75, 3.05) is 13.6 Å². The summed E-state index contributed by atoms with van der Waals surface area (Å²) in [7, 11) is 1.79. The molecule has 4 heteroatoms. The summed E-state index contributed by atoms with van der Waals surface area (Å²) in [6, 6.07) is 7.55. The van der Waals surface area contributed by atoms with Crippen LogP contribution in [0.5, 0.6) is 0 Å². The van der Waals surface area contributed by atoms with Crippen LogP contribution in [0.1, 0.15) is 25.5 Å². The molecular formula is C13H19ClN2O. The molecule has 0 aliphatic heterocycles. The Morgan fingerprint density at radius 3 is 2.65 bits per heavy atom. The van der Waals surface area contributed by atoms with Gasteiger partial charge in [-0.2, -0.15) is 0 Å². The number of hydrogen-bond donors (Lipinski definition) is 1. The van der Waals surface area contributed by atoms with Crippen LogP contribution in [0.4, 0.5) is 0 Å². The van der Waals surface area contributed by atoms with Gasteiger partial charge in [0.15, 0.2) is 0 Å². The maximum atomic E-state index is 12.0. The van der Waals surface area contributed by atoms with E-state index in [0.717, 1.165) is 5.56 Å². The van der Waals surface area contributed by atoms with Gasteiger partial charge in [0.05, 0.1) is 6.04 Å². The molecule has 1 amide bonds. The fraction of sp³-hybridized carbons (Fsp3) is 0.462. The van der Waals surface area contributed by atoms with E-state index in [1.54, 1.807) is 11.9 Å². The summed E-state index contributed by atoms with van der Waals surface area (Å²) in [5.41, 5.74) is 6.53. The van der Waals surface area contributed by atoms with Crippen LogP contribution in [0.3, 0.4) is 0 Å². The van der Waals surface area contributed by atoms with Gasteiger partial charge in [0.25, 0.3) is 0 Å². The number of nitrogens with zero attached hydrogens (tertiary/aromatic N) is 1. The van der Waals surface area contributed by atoms with Crippen molar-refractivity contribution in [1.82, 2.24) is 4.90 Å². The van der Waals surface area contributed by atoms with Crippen LogP contribution in [0.25, 0.3) is 0 Å². The monoisotopic (exact) mass is 254 g/mol. The van der Waals surface area contributed by atoms with Crippen LogP contribution >= 0.6 is 11.6 Å². The fourth-order valence-electron chi connectivity index (χ4n) is 1.63. The van der Waals surface area contributed by atoms with Crippen LogP contribution in [0.2, 0.25) is 5.02 Å². The molecule has 2 atom stereocenters. The SMILES string of the molecule is CC(CN)C(=O)N(C)C(C)c1cccc(Cl)c1. The van der Waals surface area contributed by atoms with E-state index < -0.39 is 0 Å². The lowest BCUT2D eigenvalue weighted by atomic mass is 10.1. The normalized spacial score (nSPS) is 14.2. The standard InChI is InChI=1S/C13H19ClN2O/c1-9(8-15)13(17)16(3)10(2)11-5-4-6-12(14)7-11/h4-7,9-10H,8,15H2,1-3H3. The van der Waals surface area contributed by atoms with Gasteiger partial charge >= 0.3 is 0 Å². The number of hydrogen-bond acceptors (Lipinski definition) is 2. The first-order valence-electron chi connectivity index (χ1n) is 5.69. The van der Waals surface area contributed by atoms with Crippen molar-refractivity contribution in [3.05, 3.63) is 34.9 Å². The molecule has 0 spiro atoms. The minimum absolute atomic E-state index is 0.00444. The largest absolute Gasteiger partial charge is 0.339 e. The second kappa shape index (κ2) is 6.03. The van der Waals surface area contributed by atoms with E-state index in [4.69, 9.17) is 17.3 Å². The van der Waals surface area contributed by atoms with Crippen molar-refractivity contribution < 1.29 is 4.79 Å². The molecule has 17 heavy (non-hydrogen) atoms. The van der Waals surface area contributed by atoms with Crippen LogP contribution in [-0.4, -0.2) is 24.4 Å². The average Bonchev–Trinajstić information content (AvgIpc) is 2.35. The van der Waals surface area contributed by atoms with Gasteiger partial charge in [0, 0.05) is 24.5 Å². The van der Waals surface area contributed by atoms with Crippen LogP contribution in [-0.2, 0) is 4.79 Å². The Bertz CT molecular complexity index is 395. The van der Waals surface area contributed by atoms with Crippen molar-refractivity contribution in [2.45, 2.75) is 19.9 Å². The van der Waals surface area contributed by atoms with E-state index in [1.807, 2.05) is 38.1 Å². The molecule has 94 valence electrons. The Morgan fingerprint density at radius 1 is 1.47 bits per heavy atom. The average molecular weight is 255 g/mol. The minimum atomic E-state index is -0.151. The van der Waals surface area contributed by atoms with Crippen LogP contribution in [0.15, 0.2) is 24.3 Å². The van der Waals surface area contributed by atoms with E-state index >= 15 is 0 Å². The summed E-state index contributed by atoms with van der Waals surface area (Å²) in [6.45, 7) is 4.18. The summed E-state index contributed by atoms with van der Waals surface area (Å²) < 4.78 is 0. The molecule has 0 aliphatic carbocycles. The maximum absolute atomic E-state index is 12.0. The Labute approximate surface area is 108 Å². The van der Waals surface area contributed by atoms with Gasteiger partial charge in [0.1, 0.15) is 0 Å². The predicted molar refractivity (Wildman–Crippen MR) is 70.9 cm³/mol. The summed E-state index contributed by atoms with van der Waals surface area (Å²) in [6.07, 6.45) is 0. The highest BCUT2D eigenvalue weighted by atomic mass is 35.5. The van der Waals surface area contributed by atoms with Gasteiger partial charge in [0.2, 0.25) is 5.91 Å². The Morgan fingerprint density at radius 2 is 2.12 bits per heavy atom. The third-order valence-electron chi connectivity index (χ3n) is 3.03. The first-order chi connectivity index (χ1) is 7.97. The Hall–Kier alpha value is -1.06. The fourth-order valence-corrected chi connectivity index (χ4v) is 1.83. The molecule has 0 bridgehead atoms. The van der Waals surface area contributed by atoms with Crippen molar-refractivity contribution in [1.29, 1.82) is 0 Å². The third kappa shape index (κ3) is 3.45. The second-order valence-corrected chi connectivity index (χ2v) is 4.75. The summed E-state index contributed by atoms with van der Waals surface area (Å²) >= 11 is 5.94. The van der Waals surface area contributed by atoms with Gasteiger partial charge in [-0.15, -0.1) is 0 Å². The smallest absolute Gasteiger partial charge is 0.226 e. The predicted octanol–water partition coefficient (Wildman–Crippen LogP) is 2.45. The van der Waals surface area contributed by atoms with Crippen molar-refractivity contribution >= 4 is 17.5 Å². The van der Waals surface area contributed by atoms with Crippen molar-refractivity contribution in [2.24, 2.45) is 11.7 Å². The molecule has 2 unspecified atom stereocenters. The van der Waals surface area contributed by atoms with Gasteiger partial charge in [-0.1, -0.05) is 30.7 Å². The van der Waals surface area contributed by atoms with E-state index in [9.17, 15) is 4.79 Å². The first kappa shape index (κ1) is 14.0. The highest BCUT2D eigenvalue weighted by molar-refractivity contribution is 6.30. The lowest BCUT2D eigenvalue weighted by Gasteiger charge is -2.27. The molecule has 2 N–H and O–H groups in total. The zero-order valence-electron chi connectivity index (χ0n) is 10.5. The molecule has 0 fully saturated rings. The molecule has 0 radical (unpaired) electrons. The van der Waals surface area contributed by atoms with E-state index in [1.165, 1.54) is 0 Å². The van der Waals surface area contributed by atoms with Gasteiger partial charge < -0.3 is 10.6 Å². The number of rotatable bonds is 4. The summed E-state index contributed by atoms with van der Waals surface area (Å²) in [4.78, 5) is 13.7. The number of carbonyl (C=O) groups excluding carboxylic acids is 1. The summed E-state index contributed by atoms with van der Waals surface area (Å²) in [5, 5.41) is 0.682. The molecule has 0 saturated heterocycles. The molecule has 1 rings (SSSR count). The third-order valence-corrected chi connectivity index (χ3v) is 3.27.